The molecule has 0 atom stereocenters. The van der Waals surface area contributed by atoms with Crippen LogP contribution in [0.4, 0.5) is 0 Å². The van der Waals surface area contributed by atoms with Crippen molar-refractivity contribution in [1.29, 1.82) is 0 Å². The monoisotopic (exact) mass is 420 g/mol. The highest BCUT2D eigenvalue weighted by molar-refractivity contribution is 5.98. The molecule has 0 spiro atoms. The zero-order valence-electron chi connectivity index (χ0n) is 17.5. The van der Waals surface area contributed by atoms with Crippen molar-refractivity contribution in [2.24, 2.45) is 0 Å². The van der Waals surface area contributed by atoms with Crippen molar-refractivity contribution >= 4 is 11.8 Å². The van der Waals surface area contributed by atoms with Crippen molar-refractivity contribution in [2.75, 3.05) is 27.4 Å². The van der Waals surface area contributed by atoms with Crippen LogP contribution in [0, 0.1) is 0 Å². The fourth-order valence-corrected chi connectivity index (χ4v) is 3.02. The molecule has 0 saturated heterocycles. The zero-order valence-corrected chi connectivity index (χ0v) is 17.5. The predicted molar refractivity (Wildman–Crippen MR) is 116 cm³/mol. The smallest absolute Gasteiger partial charge is 0.344 e. The molecule has 0 aliphatic carbocycles. The van der Waals surface area contributed by atoms with Crippen LogP contribution in [0.5, 0.6) is 17.2 Å². The fourth-order valence-electron chi connectivity index (χ4n) is 3.02. The van der Waals surface area contributed by atoms with Crippen LogP contribution >= 0.6 is 0 Å². The molecule has 0 heterocycles. The Morgan fingerprint density at radius 2 is 1.45 bits per heavy atom. The van der Waals surface area contributed by atoms with Crippen LogP contribution in [-0.4, -0.2) is 39.2 Å². The van der Waals surface area contributed by atoms with Gasteiger partial charge < -0.3 is 18.9 Å². The largest absolute Gasteiger partial charge is 0.493 e. The molecule has 0 fully saturated rings. The van der Waals surface area contributed by atoms with Gasteiger partial charge in [-0.15, -0.1) is 0 Å². The lowest BCUT2D eigenvalue weighted by molar-refractivity contribution is -0.144. The Bertz CT molecular complexity index is 1030. The second-order valence-corrected chi connectivity index (χ2v) is 6.71. The van der Waals surface area contributed by atoms with E-state index < -0.39 is 5.97 Å². The van der Waals surface area contributed by atoms with Crippen LogP contribution in [0.1, 0.15) is 21.5 Å². The first-order valence-electron chi connectivity index (χ1n) is 9.76. The van der Waals surface area contributed by atoms with Crippen molar-refractivity contribution < 1.29 is 28.5 Å². The first-order valence-corrected chi connectivity index (χ1v) is 9.76. The molecule has 160 valence electrons. The van der Waals surface area contributed by atoms with Gasteiger partial charge in [-0.3, -0.25) is 4.79 Å². The van der Waals surface area contributed by atoms with E-state index in [0.717, 1.165) is 11.1 Å². The fraction of sp³-hybridized carbons (Fsp3) is 0.200. The maximum Gasteiger partial charge on any atom is 0.344 e. The van der Waals surface area contributed by atoms with Crippen molar-refractivity contribution in [3.8, 4) is 17.2 Å². The SMILES string of the molecule is COc1ccc(C(=O)COC(=O)COc2ccccc2Cc2ccccc2)cc1OC. The lowest BCUT2D eigenvalue weighted by atomic mass is 10.0. The molecule has 3 aromatic rings. The van der Waals surface area contributed by atoms with Crippen LogP contribution in [0.25, 0.3) is 0 Å². The van der Waals surface area contributed by atoms with E-state index in [2.05, 4.69) is 0 Å². The summed E-state index contributed by atoms with van der Waals surface area (Å²) in [7, 11) is 3.00. The third-order valence-electron chi connectivity index (χ3n) is 4.63. The Morgan fingerprint density at radius 1 is 0.742 bits per heavy atom. The van der Waals surface area contributed by atoms with E-state index in [9.17, 15) is 9.59 Å². The van der Waals surface area contributed by atoms with E-state index >= 15 is 0 Å². The van der Waals surface area contributed by atoms with E-state index in [1.165, 1.54) is 14.2 Å². The molecule has 0 amide bonds. The van der Waals surface area contributed by atoms with Gasteiger partial charge in [-0.05, 0) is 35.4 Å². The standard InChI is InChI=1S/C25H24O6/c1-28-23-13-12-19(15-24(23)29-2)21(26)16-31-25(27)17-30-22-11-7-6-10-20(22)14-18-8-4-3-5-9-18/h3-13,15H,14,16-17H2,1-2H3. The maximum absolute atomic E-state index is 12.3. The third kappa shape index (κ3) is 6.09. The van der Waals surface area contributed by atoms with E-state index in [0.29, 0.717) is 29.2 Å². The topological polar surface area (TPSA) is 71.1 Å². The number of methoxy groups -OCH3 is 2. The van der Waals surface area contributed by atoms with Crippen LogP contribution in [0.15, 0.2) is 72.8 Å². The maximum atomic E-state index is 12.3. The average Bonchev–Trinajstić information content (AvgIpc) is 2.82. The summed E-state index contributed by atoms with van der Waals surface area (Å²) in [5, 5.41) is 0. The first-order chi connectivity index (χ1) is 15.1. The summed E-state index contributed by atoms with van der Waals surface area (Å²) in [6.45, 7) is -0.672. The van der Waals surface area contributed by atoms with E-state index in [1.54, 1.807) is 24.3 Å². The zero-order chi connectivity index (χ0) is 22.1. The van der Waals surface area contributed by atoms with Gasteiger partial charge in [0.1, 0.15) is 5.75 Å². The summed E-state index contributed by atoms with van der Waals surface area (Å²) in [5.41, 5.74) is 2.46. The summed E-state index contributed by atoms with van der Waals surface area (Å²) in [6, 6.07) is 22.3. The summed E-state index contributed by atoms with van der Waals surface area (Å²) in [6.07, 6.45) is 0.684. The minimum absolute atomic E-state index is 0.287. The molecule has 0 bridgehead atoms. The molecule has 3 rings (SSSR count). The average molecular weight is 420 g/mol. The highest BCUT2D eigenvalue weighted by atomic mass is 16.6. The molecule has 0 aliphatic heterocycles. The minimum Gasteiger partial charge on any atom is -0.493 e. The molecule has 0 unspecified atom stereocenters. The molecule has 0 saturated carbocycles. The van der Waals surface area contributed by atoms with Crippen molar-refractivity contribution in [2.45, 2.75) is 6.42 Å². The molecule has 0 aromatic heterocycles. The normalized spacial score (nSPS) is 10.3. The van der Waals surface area contributed by atoms with Crippen LogP contribution in [0.2, 0.25) is 0 Å². The first kappa shape index (κ1) is 21.9. The molecular formula is C25H24O6. The van der Waals surface area contributed by atoms with Crippen molar-refractivity contribution in [1.82, 2.24) is 0 Å². The second-order valence-electron chi connectivity index (χ2n) is 6.71. The number of hydrogen-bond acceptors (Lipinski definition) is 6. The lowest BCUT2D eigenvalue weighted by Gasteiger charge is -2.12. The minimum atomic E-state index is -0.622. The summed E-state index contributed by atoms with van der Waals surface area (Å²) < 4.78 is 21.1. The molecular weight excluding hydrogens is 396 g/mol. The number of esters is 1. The second kappa shape index (κ2) is 10.8. The Hall–Kier alpha value is -3.80. The Balaban J connectivity index is 1.53. The molecule has 6 heteroatoms. The van der Waals surface area contributed by atoms with Crippen molar-refractivity contribution in [3.63, 3.8) is 0 Å². The molecule has 31 heavy (non-hydrogen) atoms. The summed E-state index contributed by atoms with van der Waals surface area (Å²) >= 11 is 0. The van der Waals surface area contributed by atoms with Gasteiger partial charge in [-0.1, -0.05) is 48.5 Å². The molecule has 0 N–H and O–H groups in total. The van der Waals surface area contributed by atoms with E-state index in [1.807, 2.05) is 48.5 Å². The lowest BCUT2D eigenvalue weighted by Crippen LogP contribution is -2.20. The highest BCUT2D eigenvalue weighted by Crippen LogP contribution is 2.27. The van der Waals surface area contributed by atoms with Crippen LogP contribution in [0.3, 0.4) is 0 Å². The van der Waals surface area contributed by atoms with Crippen molar-refractivity contribution in [3.05, 3.63) is 89.5 Å². The van der Waals surface area contributed by atoms with Crippen LogP contribution in [-0.2, 0) is 16.0 Å². The summed E-state index contributed by atoms with van der Waals surface area (Å²) in [5.74, 6) is 0.577. The number of carbonyl (C=O) groups excluding carboxylic acids is 2. The van der Waals surface area contributed by atoms with Gasteiger partial charge in [0.05, 0.1) is 14.2 Å². The van der Waals surface area contributed by atoms with Gasteiger partial charge >= 0.3 is 5.97 Å². The Kier molecular flexibility index (Phi) is 7.65. The van der Waals surface area contributed by atoms with E-state index in [-0.39, 0.29) is 19.0 Å². The number of ether oxygens (including phenoxy) is 4. The van der Waals surface area contributed by atoms with Gasteiger partial charge in [0, 0.05) is 12.0 Å². The Morgan fingerprint density at radius 3 is 2.19 bits per heavy atom. The molecule has 0 aliphatic rings. The number of hydrogen-bond donors (Lipinski definition) is 0. The number of benzene rings is 3. The van der Waals surface area contributed by atoms with Gasteiger partial charge in [0.25, 0.3) is 0 Å². The number of rotatable bonds is 10. The van der Waals surface area contributed by atoms with E-state index in [4.69, 9.17) is 18.9 Å². The predicted octanol–water partition coefficient (Wildman–Crippen LogP) is 4.10. The van der Waals surface area contributed by atoms with Gasteiger partial charge in [-0.25, -0.2) is 4.79 Å². The molecule has 0 radical (unpaired) electrons. The highest BCUT2D eigenvalue weighted by Gasteiger charge is 2.14. The van der Waals surface area contributed by atoms with Gasteiger partial charge in [0.15, 0.2) is 30.5 Å². The number of para-hydroxylation sites is 1. The summed E-state index contributed by atoms with van der Waals surface area (Å²) in [4.78, 5) is 24.4. The quantitative estimate of drug-likeness (QED) is 0.363. The number of Topliss-reactive ketones (excluding diaryl/α,β-unsaturated/α-hetero) is 1. The van der Waals surface area contributed by atoms with Crippen LogP contribution < -0.4 is 14.2 Å². The number of carbonyl (C=O) groups is 2. The molecule has 6 nitrogen and oxygen atoms in total. The molecule has 3 aromatic carbocycles. The number of ketones is 1. The third-order valence-corrected chi connectivity index (χ3v) is 4.63. The van der Waals surface area contributed by atoms with Gasteiger partial charge in [0.2, 0.25) is 0 Å². The Labute approximate surface area is 181 Å². The van der Waals surface area contributed by atoms with Gasteiger partial charge in [-0.2, -0.15) is 0 Å².